The minimum Gasteiger partial charge on any atom is -0.414 e. The predicted octanol–water partition coefficient (Wildman–Crippen LogP) is 5.81. The quantitative estimate of drug-likeness (QED) is 0.320. The maximum Gasteiger partial charge on any atom is 0.315 e. The zero-order valence-electron chi connectivity index (χ0n) is 26.1. The highest BCUT2D eigenvalue weighted by atomic mass is 28.4. The molecule has 10 nitrogen and oxygen atoms in total. The Kier molecular flexibility index (Phi) is 8.28. The molecule has 220 valence electrons. The van der Waals surface area contributed by atoms with Crippen molar-refractivity contribution < 1.29 is 23.1 Å². The number of aromatic nitrogens is 4. The molecular weight excluding hydrogens is 530 g/mol. The summed E-state index contributed by atoms with van der Waals surface area (Å²) in [6.45, 7) is 27.8. The van der Waals surface area contributed by atoms with Crippen LogP contribution in [0.4, 0.5) is 5.82 Å². The van der Waals surface area contributed by atoms with E-state index in [-0.39, 0.29) is 28.4 Å². The number of hydrogen-bond acceptors (Lipinski definition) is 9. The SMILES string of the molecule is CC(C)(C)C(=O)O[C@@]1(n2cnc3c(N)ncnc32)C[C@H](O[Si](C)(C)C(C)(C)C)[C@@H](CO[Si](C)(C)C(C)(C)C)O1. The number of imidazole rings is 1. The van der Waals surface area contributed by atoms with Crippen molar-refractivity contribution in [2.24, 2.45) is 5.41 Å². The van der Waals surface area contributed by atoms with E-state index >= 15 is 0 Å². The first kappa shape index (κ1) is 31.7. The molecule has 1 aliphatic rings. The lowest BCUT2D eigenvalue weighted by molar-refractivity contribution is -0.275. The molecule has 12 heteroatoms. The Morgan fingerprint density at radius 3 is 2.15 bits per heavy atom. The number of fused-ring (bicyclic) bond motifs is 1. The average Bonchev–Trinajstić information content (AvgIpc) is 3.33. The molecule has 39 heavy (non-hydrogen) atoms. The summed E-state index contributed by atoms with van der Waals surface area (Å²) in [5.41, 5.74) is 6.15. The number of carbonyl (C=O) groups excluding carboxylic acids is 1. The highest BCUT2D eigenvalue weighted by Crippen LogP contribution is 2.46. The second kappa shape index (κ2) is 10.2. The number of hydrogen-bond donors (Lipinski definition) is 1. The number of esters is 1. The van der Waals surface area contributed by atoms with E-state index in [1.54, 1.807) is 10.9 Å². The maximum atomic E-state index is 13.4. The van der Waals surface area contributed by atoms with Crippen molar-refractivity contribution in [1.29, 1.82) is 0 Å². The topological polar surface area (TPSA) is 124 Å². The minimum atomic E-state index is -2.25. The van der Waals surface area contributed by atoms with Crippen LogP contribution in [-0.4, -0.2) is 60.9 Å². The molecule has 0 aromatic carbocycles. The second-order valence-electron chi connectivity index (χ2n) is 14.7. The number of nitrogens with zero attached hydrogens (tertiary/aromatic N) is 4. The van der Waals surface area contributed by atoms with E-state index in [1.807, 2.05) is 20.8 Å². The van der Waals surface area contributed by atoms with Gasteiger partial charge in [-0.1, -0.05) is 41.5 Å². The van der Waals surface area contributed by atoms with Crippen molar-refractivity contribution in [2.45, 2.75) is 123 Å². The van der Waals surface area contributed by atoms with Crippen molar-refractivity contribution in [3.05, 3.63) is 12.7 Å². The number of anilines is 1. The number of ether oxygens (including phenoxy) is 2. The van der Waals surface area contributed by atoms with Crippen molar-refractivity contribution in [3.8, 4) is 0 Å². The summed E-state index contributed by atoms with van der Waals surface area (Å²) in [5, 5.41) is -0.0132. The normalized spacial score (nSPS) is 23.4. The molecule has 1 aliphatic heterocycles. The lowest BCUT2D eigenvalue weighted by Crippen LogP contribution is -2.48. The van der Waals surface area contributed by atoms with Crippen LogP contribution in [0, 0.1) is 5.41 Å². The van der Waals surface area contributed by atoms with E-state index in [2.05, 4.69) is 82.7 Å². The third kappa shape index (κ3) is 6.40. The van der Waals surface area contributed by atoms with Gasteiger partial charge in [0, 0.05) is 0 Å². The van der Waals surface area contributed by atoms with Crippen LogP contribution in [0.1, 0.15) is 68.7 Å². The van der Waals surface area contributed by atoms with E-state index in [0.717, 1.165) is 0 Å². The van der Waals surface area contributed by atoms with Crippen molar-refractivity contribution >= 4 is 39.6 Å². The van der Waals surface area contributed by atoms with E-state index in [9.17, 15) is 4.79 Å². The highest BCUT2D eigenvalue weighted by molar-refractivity contribution is 6.74. The fourth-order valence-electron chi connectivity index (χ4n) is 3.74. The largest absolute Gasteiger partial charge is 0.414 e. The summed E-state index contributed by atoms with van der Waals surface area (Å²) >= 11 is 0. The molecule has 0 bridgehead atoms. The van der Waals surface area contributed by atoms with Gasteiger partial charge in [0.05, 0.1) is 24.5 Å². The molecular formula is C27H49N5O5Si2. The van der Waals surface area contributed by atoms with Gasteiger partial charge in [0.15, 0.2) is 28.1 Å². The second-order valence-corrected chi connectivity index (χ2v) is 24.3. The van der Waals surface area contributed by atoms with Crippen LogP contribution >= 0.6 is 0 Å². The fraction of sp³-hybridized carbons (Fsp3) is 0.778. The van der Waals surface area contributed by atoms with E-state index in [4.69, 9.17) is 24.1 Å². The summed E-state index contributed by atoms with van der Waals surface area (Å²) in [4.78, 5) is 26.3. The number of carbonyl (C=O) groups is 1. The Bertz CT molecular complexity index is 1200. The third-order valence-electron chi connectivity index (χ3n) is 8.47. The molecule has 0 unspecified atom stereocenters. The summed E-state index contributed by atoms with van der Waals surface area (Å²) in [6.07, 6.45) is 2.29. The Labute approximate surface area is 235 Å². The highest BCUT2D eigenvalue weighted by Gasteiger charge is 2.56. The van der Waals surface area contributed by atoms with Gasteiger partial charge in [-0.3, -0.25) is 9.36 Å². The molecule has 2 N–H and O–H groups in total. The van der Waals surface area contributed by atoms with Gasteiger partial charge in [-0.2, -0.15) is 0 Å². The van der Waals surface area contributed by atoms with Crippen LogP contribution in [0.5, 0.6) is 0 Å². The summed E-state index contributed by atoms with van der Waals surface area (Å²) in [6, 6.07) is 0. The van der Waals surface area contributed by atoms with Gasteiger partial charge < -0.3 is 24.1 Å². The van der Waals surface area contributed by atoms with E-state index in [0.29, 0.717) is 17.8 Å². The van der Waals surface area contributed by atoms with Crippen LogP contribution in [0.3, 0.4) is 0 Å². The standard InChI is InChI=1S/C27H49N5O5Si2/c1-24(2,3)23(33)36-27(32-17-31-20-21(28)29-16-30-22(20)32)14-18(37-39(12,13)26(7,8)9)19(35-27)15-34-38(10,11)25(4,5)6/h16-19H,14-15H2,1-13H3,(H2,28,29,30)/t18-,19+,27+/m0/s1. The van der Waals surface area contributed by atoms with Gasteiger partial charge >= 0.3 is 11.9 Å². The Balaban J connectivity index is 2.13. The molecule has 2 aromatic heterocycles. The zero-order chi connectivity index (χ0) is 29.8. The Hall–Kier alpha value is -1.87. The van der Waals surface area contributed by atoms with Gasteiger partial charge in [-0.05, 0) is 57.0 Å². The fourth-order valence-corrected chi connectivity index (χ4v) is 6.10. The monoisotopic (exact) mass is 579 g/mol. The minimum absolute atomic E-state index is 0.0200. The van der Waals surface area contributed by atoms with Crippen LogP contribution in [-0.2, 0) is 29.0 Å². The molecule has 0 spiro atoms. The smallest absolute Gasteiger partial charge is 0.315 e. The summed E-state index contributed by atoms with van der Waals surface area (Å²) in [7, 11) is -4.36. The first-order valence-electron chi connectivity index (χ1n) is 13.7. The first-order chi connectivity index (χ1) is 17.5. The molecule has 0 radical (unpaired) electrons. The van der Waals surface area contributed by atoms with E-state index < -0.39 is 40.0 Å². The molecule has 0 saturated carbocycles. The zero-order valence-corrected chi connectivity index (χ0v) is 28.1. The lowest BCUT2D eigenvalue weighted by Gasteiger charge is -2.40. The van der Waals surface area contributed by atoms with Crippen molar-refractivity contribution in [2.75, 3.05) is 12.3 Å². The van der Waals surface area contributed by atoms with Crippen LogP contribution in [0.15, 0.2) is 12.7 Å². The van der Waals surface area contributed by atoms with Crippen molar-refractivity contribution in [3.63, 3.8) is 0 Å². The average molecular weight is 580 g/mol. The molecule has 1 saturated heterocycles. The van der Waals surface area contributed by atoms with Crippen LogP contribution < -0.4 is 5.73 Å². The molecule has 0 aliphatic carbocycles. The number of nitrogen functional groups attached to an aromatic ring is 1. The van der Waals surface area contributed by atoms with Gasteiger partial charge in [-0.25, -0.2) is 15.0 Å². The first-order valence-corrected chi connectivity index (χ1v) is 19.5. The van der Waals surface area contributed by atoms with Gasteiger partial charge in [0.1, 0.15) is 24.3 Å². The maximum absolute atomic E-state index is 13.4. The van der Waals surface area contributed by atoms with Gasteiger partial charge in [0.25, 0.3) is 0 Å². The van der Waals surface area contributed by atoms with Crippen LogP contribution in [0.2, 0.25) is 36.3 Å². The molecule has 2 aromatic rings. The predicted molar refractivity (Wildman–Crippen MR) is 158 cm³/mol. The molecule has 3 atom stereocenters. The molecule has 3 heterocycles. The lowest BCUT2D eigenvalue weighted by atomic mass is 9.97. The molecule has 1 fully saturated rings. The summed E-state index contributed by atoms with van der Waals surface area (Å²) in [5.74, 6) is -1.72. The van der Waals surface area contributed by atoms with Crippen LogP contribution in [0.25, 0.3) is 11.2 Å². The Morgan fingerprint density at radius 1 is 1.03 bits per heavy atom. The number of rotatable bonds is 7. The number of nitrogens with two attached hydrogens (primary N) is 1. The molecule has 3 rings (SSSR count). The van der Waals surface area contributed by atoms with E-state index in [1.165, 1.54) is 6.33 Å². The Morgan fingerprint density at radius 2 is 1.62 bits per heavy atom. The van der Waals surface area contributed by atoms with Gasteiger partial charge in [-0.15, -0.1) is 0 Å². The third-order valence-corrected chi connectivity index (χ3v) is 17.5. The van der Waals surface area contributed by atoms with Gasteiger partial charge in [0.2, 0.25) is 0 Å². The summed E-state index contributed by atoms with van der Waals surface area (Å²) < 4.78 is 28.3. The van der Waals surface area contributed by atoms with Crippen molar-refractivity contribution in [1.82, 2.24) is 19.5 Å². The molecule has 0 amide bonds.